The monoisotopic (exact) mass is 438 g/mol. The second-order valence-electron chi connectivity index (χ2n) is 9.90. The van der Waals surface area contributed by atoms with E-state index in [1.807, 2.05) is 31.2 Å². The van der Waals surface area contributed by atoms with Crippen LogP contribution in [0.4, 0.5) is 5.69 Å². The number of aryl methyl sites for hydroxylation is 1. The molecule has 1 aliphatic heterocycles. The number of hydrogen-bond donors (Lipinski definition) is 4. The van der Waals surface area contributed by atoms with E-state index < -0.39 is 11.0 Å². The van der Waals surface area contributed by atoms with Crippen LogP contribution < -0.4 is 5.32 Å². The first kappa shape index (κ1) is 22.9. The Bertz CT molecular complexity index is 934. The average molecular weight is 439 g/mol. The van der Waals surface area contributed by atoms with Crippen LogP contribution in [0, 0.1) is 6.92 Å². The molecule has 1 heterocycles. The molecule has 0 spiro atoms. The lowest BCUT2D eigenvalue weighted by molar-refractivity contribution is -0.156. The van der Waals surface area contributed by atoms with E-state index in [-0.39, 0.29) is 23.6 Å². The van der Waals surface area contributed by atoms with Gasteiger partial charge in [-0.3, -0.25) is 4.90 Å². The molecule has 0 amide bonds. The number of nitrogens with zero attached hydrogens (tertiary/aromatic N) is 1. The zero-order valence-electron chi connectivity index (χ0n) is 19.6. The Hall–Kier alpha value is -2.24. The quantitative estimate of drug-likeness (QED) is 0.481. The number of hydrogen-bond acceptors (Lipinski definition) is 5. The summed E-state index contributed by atoms with van der Waals surface area (Å²) < 4.78 is 0. The summed E-state index contributed by atoms with van der Waals surface area (Å²) in [5.41, 5.74) is 1.11. The maximum Gasteiger partial charge on any atom is 0.161 e. The maximum atomic E-state index is 12.4. The molecule has 2 aromatic carbocycles. The molecule has 1 saturated heterocycles. The third-order valence-corrected chi connectivity index (χ3v) is 8.15. The number of para-hydroxylation sites is 1. The molecule has 4 atom stereocenters. The highest BCUT2D eigenvalue weighted by Crippen LogP contribution is 2.58. The number of aliphatic hydroxyl groups is 1. The van der Waals surface area contributed by atoms with E-state index in [9.17, 15) is 15.3 Å². The highest BCUT2D eigenvalue weighted by Gasteiger charge is 2.62. The Balaban J connectivity index is 1.77. The van der Waals surface area contributed by atoms with Gasteiger partial charge in [0.05, 0.1) is 5.60 Å². The molecule has 5 heteroatoms. The molecule has 0 radical (unpaired) electrons. The van der Waals surface area contributed by atoms with Crippen molar-refractivity contribution in [2.75, 3.05) is 18.4 Å². The van der Waals surface area contributed by atoms with E-state index in [1.54, 1.807) is 6.07 Å². The molecule has 4 N–H and O–H groups in total. The van der Waals surface area contributed by atoms with E-state index in [1.165, 1.54) is 0 Å². The SMILES string of the molecule is CCCCN1CC[C@]2(c3c(C)ccc(O)c3O)C[C@@H](Nc3ccccc3)CC[C@@]2(O)[C@H]1C. The Morgan fingerprint density at radius 2 is 1.84 bits per heavy atom. The van der Waals surface area contributed by atoms with E-state index in [2.05, 4.69) is 36.2 Å². The molecule has 0 aromatic heterocycles. The van der Waals surface area contributed by atoms with Gasteiger partial charge in [0.2, 0.25) is 0 Å². The second kappa shape index (κ2) is 8.95. The maximum absolute atomic E-state index is 12.4. The van der Waals surface area contributed by atoms with Gasteiger partial charge in [0, 0.05) is 28.7 Å². The predicted octanol–water partition coefficient (Wildman–Crippen LogP) is 4.93. The fraction of sp³-hybridized carbons (Fsp3) is 0.556. The van der Waals surface area contributed by atoms with Gasteiger partial charge in [-0.2, -0.15) is 0 Å². The number of rotatable bonds is 6. The first-order valence-electron chi connectivity index (χ1n) is 12.1. The van der Waals surface area contributed by atoms with Gasteiger partial charge in [0.15, 0.2) is 11.5 Å². The predicted molar refractivity (Wildman–Crippen MR) is 129 cm³/mol. The van der Waals surface area contributed by atoms with Gasteiger partial charge in [-0.25, -0.2) is 0 Å². The topological polar surface area (TPSA) is 76.0 Å². The van der Waals surface area contributed by atoms with Crippen LogP contribution in [0.1, 0.15) is 63.5 Å². The Morgan fingerprint density at radius 3 is 2.56 bits per heavy atom. The van der Waals surface area contributed by atoms with Crippen LogP contribution in [0.25, 0.3) is 0 Å². The molecule has 1 aliphatic carbocycles. The number of aromatic hydroxyl groups is 2. The van der Waals surface area contributed by atoms with Gasteiger partial charge in [-0.05, 0) is 82.8 Å². The highest BCUT2D eigenvalue weighted by atomic mass is 16.3. The number of piperidine rings is 1. The molecule has 1 saturated carbocycles. The van der Waals surface area contributed by atoms with E-state index in [4.69, 9.17) is 0 Å². The molecule has 0 unspecified atom stereocenters. The molecule has 174 valence electrons. The van der Waals surface area contributed by atoms with E-state index in [0.717, 1.165) is 55.6 Å². The standard InChI is InChI=1S/C27H38N2O3/c1-4-5-16-29-17-15-26(24-19(2)11-12-23(30)25(24)31)18-22(13-14-27(26,32)20(29)3)28-21-9-7-6-8-10-21/h6-12,20,22,28,30-32H,4-5,13-18H2,1-3H3/t20-,22+,26-,27-/m1/s1. The molecule has 2 fully saturated rings. The minimum Gasteiger partial charge on any atom is -0.504 e. The van der Waals surface area contributed by atoms with Gasteiger partial charge >= 0.3 is 0 Å². The summed E-state index contributed by atoms with van der Waals surface area (Å²) in [7, 11) is 0. The van der Waals surface area contributed by atoms with Crippen LogP contribution in [-0.2, 0) is 5.41 Å². The number of anilines is 1. The molecule has 2 aliphatic rings. The summed E-state index contributed by atoms with van der Waals surface area (Å²) in [6, 6.07) is 13.8. The van der Waals surface area contributed by atoms with Gasteiger partial charge in [-0.1, -0.05) is 37.6 Å². The number of fused-ring (bicyclic) bond motifs is 1. The summed E-state index contributed by atoms with van der Waals surface area (Å²) in [6.07, 6.45) is 5.21. The Morgan fingerprint density at radius 1 is 1.09 bits per heavy atom. The third kappa shape index (κ3) is 3.75. The van der Waals surface area contributed by atoms with Crippen molar-refractivity contribution >= 4 is 5.69 Å². The summed E-state index contributed by atoms with van der Waals surface area (Å²) >= 11 is 0. The summed E-state index contributed by atoms with van der Waals surface area (Å²) in [5.74, 6) is -0.181. The van der Waals surface area contributed by atoms with Crippen LogP contribution in [0.5, 0.6) is 11.5 Å². The fourth-order valence-corrected chi connectivity index (χ4v) is 6.38. The Kier molecular flexibility index (Phi) is 6.42. The number of benzene rings is 2. The summed E-state index contributed by atoms with van der Waals surface area (Å²) in [5, 5.41) is 37.5. The van der Waals surface area contributed by atoms with Crippen molar-refractivity contribution in [3.05, 3.63) is 53.6 Å². The smallest absolute Gasteiger partial charge is 0.161 e. The van der Waals surface area contributed by atoms with E-state index in [0.29, 0.717) is 12.8 Å². The third-order valence-electron chi connectivity index (χ3n) is 8.15. The molecule has 2 aromatic rings. The van der Waals surface area contributed by atoms with Gasteiger partial charge < -0.3 is 20.6 Å². The van der Waals surface area contributed by atoms with Crippen molar-refractivity contribution in [3.8, 4) is 11.5 Å². The summed E-state index contributed by atoms with van der Waals surface area (Å²) in [4.78, 5) is 2.42. The Labute approximate surface area is 192 Å². The molecule has 32 heavy (non-hydrogen) atoms. The van der Waals surface area contributed by atoms with Crippen LogP contribution in [0.2, 0.25) is 0 Å². The molecular weight excluding hydrogens is 400 g/mol. The van der Waals surface area contributed by atoms with Crippen molar-refractivity contribution in [3.63, 3.8) is 0 Å². The fourth-order valence-electron chi connectivity index (χ4n) is 6.38. The molecular formula is C27H38N2O3. The number of phenols is 2. The number of unbranched alkanes of at least 4 members (excludes halogenated alkanes) is 1. The summed E-state index contributed by atoms with van der Waals surface area (Å²) in [6.45, 7) is 8.17. The lowest BCUT2D eigenvalue weighted by atomic mass is 9.52. The largest absolute Gasteiger partial charge is 0.504 e. The van der Waals surface area contributed by atoms with Crippen LogP contribution in [0.3, 0.4) is 0 Å². The molecule has 5 nitrogen and oxygen atoms in total. The van der Waals surface area contributed by atoms with Crippen molar-refractivity contribution in [2.45, 2.75) is 82.4 Å². The lowest BCUT2D eigenvalue weighted by Crippen LogP contribution is -2.70. The first-order chi connectivity index (χ1) is 15.3. The molecule has 4 rings (SSSR count). The van der Waals surface area contributed by atoms with Crippen LogP contribution >= 0.6 is 0 Å². The zero-order chi connectivity index (χ0) is 22.9. The minimum atomic E-state index is -0.982. The van der Waals surface area contributed by atoms with Crippen molar-refractivity contribution in [1.82, 2.24) is 4.90 Å². The minimum absolute atomic E-state index is 0.0263. The van der Waals surface area contributed by atoms with Gasteiger partial charge in [0.1, 0.15) is 0 Å². The first-order valence-corrected chi connectivity index (χ1v) is 12.1. The normalized spacial score (nSPS) is 30.6. The number of likely N-dealkylation sites (tertiary alicyclic amines) is 1. The molecule has 0 bridgehead atoms. The number of phenolic OH excluding ortho intramolecular Hbond substituents is 2. The lowest BCUT2D eigenvalue weighted by Gasteiger charge is -2.61. The van der Waals surface area contributed by atoms with Crippen LogP contribution in [-0.4, -0.2) is 51.0 Å². The van der Waals surface area contributed by atoms with Gasteiger partial charge in [-0.15, -0.1) is 0 Å². The van der Waals surface area contributed by atoms with Gasteiger partial charge in [0.25, 0.3) is 0 Å². The highest BCUT2D eigenvalue weighted by molar-refractivity contribution is 5.55. The average Bonchev–Trinajstić information content (AvgIpc) is 2.78. The second-order valence-corrected chi connectivity index (χ2v) is 9.90. The van der Waals surface area contributed by atoms with E-state index >= 15 is 0 Å². The van der Waals surface area contributed by atoms with Crippen molar-refractivity contribution in [2.24, 2.45) is 0 Å². The van der Waals surface area contributed by atoms with Crippen LogP contribution in [0.15, 0.2) is 42.5 Å². The zero-order valence-corrected chi connectivity index (χ0v) is 19.6. The van der Waals surface area contributed by atoms with Crippen molar-refractivity contribution < 1.29 is 15.3 Å². The van der Waals surface area contributed by atoms with Crippen molar-refractivity contribution in [1.29, 1.82) is 0 Å². The number of nitrogens with one attached hydrogen (secondary N) is 1.